The van der Waals surface area contributed by atoms with Gasteiger partial charge in [-0.3, -0.25) is 14.6 Å². The highest BCUT2D eigenvalue weighted by molar-refractivity contribution is 5.79. The molecule has 1 saturated carbocycles. The van der Waals surface area contributed by atoms with Gasteiger partial charge in [-0.15, -0.1) is 0 Å². The molecule has 138 valence electrons. The molecule has 1 fully saturated rings. The molecule has 3 rings (SSSR count). The standard InChI is InChI=1S/C19H25N5O2/c1-12-15(9-17(25)23-16-7-3-2-5-13(16)10-20)19(26)24-18(22-12)14-6-4-8-21-11-14/h4,6,8,11,13,16H,2-3,5,7,9-10,20H2,1H3,(H,23,25)(H,22,24,26). The van der Waals surface area contributed by atoms with Crippen LogP contribution in [-0.2, 0) is 11.2 Å². The monoisotopic (exact) mass is 355 g/mol. The molecule has 2 aromatic heterocycles. The van der Waals surface area contributed by atoms with Crippen molar-refractivity contribution < 1.29 is 4.79 Å². The number of hydrogen-bond acceptors (Lipinski definition) is 5. The number of amides is 1. The molecule has 0 aliphatic heterocycles. The summed E-state index contributed by atoms with van der Waals surface area (Å²) >= 11 is 0. The summed E-state index contributed by atoms with van der Waals surface area (Å²) in [6.45, 7) is 2.33. The molecule has 2 heterocycles. The van der Waals surface area contributed by atoms with Gasteiger partial charge in [0.1, 0.15) is 5.82 Å². The van der Waals surface area contributed by atoms with Crippen LogP contribution in [0.4, 0.5) is 0 Å². The fourth-order valence-corrected chi connectivity index (χ4v) is 3.56. The van der Waals surface area contributed by atoms with E-state index in [4.69, 9.17) is 5.73 Å². The normalized spacial score (nSPS) is 19.9. The Labute approximate surface area is 152 Å². The molecule has 0 radical (unpaired) electrons. The number of pyridine rings is 1. The van der Waals surface area contributed by atoms with Crippen molar-refractivity contribution in [3.8, 4) is 11.4 Å². The first-order valence-corrected chi connectivity index (χ1v) is 9.08. The lowest BCUT2D eigenvalue weighted by Gasteiger charge is -2.31. The Bertz CT molecular complexity index is 818. The maximum absolute atomic E-state index is 12.5. The highest BCUT2D eigenvalue weighted by Crippen LogP contribution is 2.23. The fourth-order valence-electron chi connectivity index (χ4n) is 3.56. The number of carbonyl (C=O) groups excluding carboxylic acids is 1. The molecule has 7 heteroatoms. The number of H-pyrrole nitrogens is 1. The third-order valence-corrected chi connectivity index (χ3v) is 5.05. The maximum atomic E-state index is 12.5. The summed E-state index contributed by atoms with van der Waals surface area (Å²) in [4.78, 5) is 36.2. The van der Waals surface area contributed by atoms with Gasteiger partial charge in [0.15, 0.2) is 0 Å². The number of rotatable bonds is 5. The molecule has 1 aliphatic carbocycles. The number of nitrogens with zero attached hydrogens (tertiary/aromatic N) is 2. The molecule has 1 aliphatic rings. The Kier molecular flexibility index (Phi) is 5.78. The number of nitrogens with one attached hydrogen (secondary N) is 2. The summed E-state index contributed by atoms with van der Waals surface area (Å²) in [5.74, 6) is 0.623. The van der Waals surface area contributed by atoms with Crippen LogP contribution < -0.4 is 16.6 Å². The lowest BCUT2D eigenvalue weighted by Crippen LogP contribution is -2.45. The van der Waals surface area contributed by atoms with Crippen molar-refractivity contribution in [3.05, 3.63) is 46.1 Å². The number of hydrogen-bond donors (Lipinski definition) is 3. The topological polar surface area (TPSA) is 114 Å². The van der Waals surface area contributed by atoms with E-state index in [1.807, 2.05) is 6.07 Å². The second-order valence-corrected chi connectivity index (χ2v) is 6.85. The molecule has 0 spiro atoms. The lowest BCUT2D eigenvalue weighted by atomic mass is 9.84. The van der Waals surface area contributed by atoms with Gasteiger partial charge in [-0.1, -0.05) is 12.8 Å². The van der Waals surface area contributed by atoms with Crippen LogP contribution in [0, 0.1) is 12.8 Å². The van der Waals surface area contributed by atoms with E-state index in [1.54, 1.807) is 25.4 Å². The van der Waals surface area contributed by atoms with Crippen LogP contribution in [0.2, 0.25) is 0 Å². The van der Waals surface area contributed by atoms with Crippen molar-refractivity contribution >= 4 is 5.91 Å². The van der Waals surface area contributed by atoms with Crippen molar-refractivity contribution in [3.63, 3.8) is 0 Å². The second-order valence-electron chi connectivity index (χ2n) is 6.85. The zero-order valence-electron chi connectivity index (χ0n) is 15.0. The highest BCUT2D eigenvalue weighted by atomic mass is 16.2. The first-order chi connectivity index (χ1) is 12.6. The van der Waals surface area contributed by atoms with Crippen molar-refractivity contribution in [1.82, 2.24) is 20.3 Å². The molecule has 26 heavy (non-hydrogen) atoms. The van der Waals surface area contributed by atoms with Crippen LogP contribution in [0.25, 0.3) is 11.4 Å². The van der Waals surface area contributed by atoms with Crippen LogP contribution in [0.3, 0.4) is 0 Å². The van der Waals surface area contributed by atoms with E-state index < -0.39 is 0 Å². The van der Waals surface area contributed by atoms with Crippen LogP contribution in [0.15, 0.2) is 29.3 Å². The minimum atomic E-state index is -0.287. The van der Waals surface area contributed by atoms with Gasteiger partial charge < -0.3 is 16.0 Å². The lowest BCUT2D eigenvalue weighted by molar-refractivity contribution is -0.121. The predicted molar refractivity (Wildman–Crippen MR) is 99.5 cm³/mol. The predicted octanol–water partition coefficient (Wildman–Crippen LogP) is 1.32. The Hall–Kier alpha value is -2.54. The molecule has 0 bridgehead atoms. The van der Waals surface area contributed by atoms with Gasteiger partial charge in [0.25, 0.3) is 5.56 Å². The third kappa shape index (κ3) is 4.16. The van der Waals surface area contributed by atoms with Crippen LogP contribution in [0.1, 0.15) is 36.9 Å². The van der Waals surface area contributed by atoms with Gasteiger partial charge in [0, 0.05) is 35.3 Å². The van der Waals surface area contributed by atoms with Crippen molar-refractivity contribution in [1.29, 1.82) is 0 Å². The minimum absolute atomic E-state index is 0.0231. The summed E-state index contributed by atoms with van der Waals surface area (Å²) in [5, 5.41) is 3.06. The highest BCUT2D eigenvalue weighted by Gasteiger charge is 2.25. The molecule has 2 atom stereocenters. The average Bonchev–Trinajstić information content (AvgIpc) is 2.65. The zero-order chi connectivity index (χ0) is 18.5. The Morgan fingerprint density at radius 3 is 2.88 bits per heavy atom. The molecular formula is C19H25N5O2. The summed E-state index contributed by atoms with van der Waals surface area (Å²) in [5.41, 5.74) is 7.22. The van der Waals surface area contributed by atoms with E-state index in [0.717, 1.165) is 31.2 Å². The molecule has 2 unspecified atom stereocenters. The SMILES string of the molecule is Cc1nc(-c2cccnc2)[nH]c(=O)c1CC(=O)NC1CCCCC1CN. The molecule has 0 saturated heterocycles. The Morgan fingerprint density at radius 1 is 1.38 bits per heavy atom. The summed E-state index contributed by atoms with van der Waals surface area (Å²) in [6.07, 6.45) is 7.57. The fraction of sp³-hybridized carbons (Fsp3) is 0.474. The van der Waals surface area contributed by atoms with Crippen LogP contribution in [-0.4, -0.2) is 33.4 Å². The Morgan fingerprint density at radius 2 is 2.19 bits per heavy atom. The number of nitrogens with two attached hydrogens (primary N) is 1. The summed E-state index contributed by atoms with van der Waals surface area (Å²) in [6, 6.07) is 3.71. The number of aryl methyl sites for hydroxylation is 1. The maximum Gasteiger partial charge on any atom is 0.255 e. The number of carbonyl (C=O) groups is 1. The molecule has 7 nitrogen and oxygen atoms in total. The first kappa shape index (κ1) is 18.3. The van der Waals surface area contributed by atoms with Crippen molar-refractivity contribution in [2.24, 2.45) is 11.7 Å². The van der Waals surface area contributed by atoms with Crippen LogP contribution >= 0.6 is 0 Å². The molecule has 4 N–H and O–H groups in total. The van der Waals surface area contributed by atoms with E-state index in [9.17, 15) is 9.59 Å². The zero-order valence-corrected chi connectivity index (χ0v) is 15.0. The van der Waals surface area contributed by atoms with Crippen LogP contribution in [0.5, 0.6) is 0 Å². The van der Waals surface area contributed by atoms with Gasteiger partial charge >= 0.3 is 0 Å². The summed E-state index contributed by atoms with van der Waals surface area (Å²) < 4.78 is 0. The molecule has 1 amide bonds. The van der Waals surface area contributed by atoms with Crippen molar-refractivity contribution in [2.45, 2.75) is 45.1 Å². The molecular weight excluding hydrogens is 330 g/mol. The number of aromatic nitrogens is 3. The van der Waals surface area contributed by atoms with Gasteiger partial charge in [0.2, 0.25) is 5.91 Å². The minimum Gasteiger partial charge on any atom is -0.353 e. The smallest absolute Gasteiger partial charge is 0.255 e. The van der Waals surface area contributed by atoms with Crippen molar-refractivity contribution in [2.75, 3.05) is 6.54 Å². The third-order valence-electron chi connectivity index (χ3n) is 5.05. The average molecular weight is 355 g/mol. The second kappa shape index (κ2) is 8.23. The van der Waals surface area contributed by atoms with Gasteiger partial charge in [0.05, 0.1) is 6.42 Å². The van der Waals surface area contributed by atoms with E-state index in [-0.39, 0.29) is 23.9 Å². The quantitative estimate of drug-likeness (QED) is 0.748. The van der Waals surface area contributed by atoms with E-state index in [1.165, 1.54) is 0 Å². The van der Waals surface area contributed by atoms with Gasteiger partial charge in [-0.05, 0) is 44.4 Å². The molecule has 0 aromatic carbocycles. The largest absolute Gasteiger partial charge is 0.353 e. The number of aromatic amines is 1. The first-order valence-electron chi connectivity index (χ1n) is 9.08. The van der Waals surface area contributed by atoms with E-state index in [2.05, 4.69) is 20.3 Å². The summed E-state index contributed by atoms with van der Waals surface area (Å²) in [7, 11) is 0. The Balaban J connectivity index is 1.73. The van der Waals surface area contributed by atoms with E-state index in [0.29, 0.717) is 29.5 Å². The van der Waals surface area contributed by atoms with Gasteiger partial charge in [-0.2, -0.15) is 0 Å². The van der Waals surface area contributed by atoms with E-state index >= 15 is 0 Å². The van der Waals surface area contributed by atoms with Gasteiger partial charge in [-0.25, -0.2) is 4.98 Å². The molecule has 2 aromatic rings.